The van der Waals surface area contributed by atoms with Gasteiger partial charge in [0.2, 0.25) is 5.91 Å². The first-order valence-electron chi connectivity index (χ1n) is 6.16. The maximum Gasteiger partial charge on any atom is 0.239 e. The molecule has 1 amide bonds. The van der Waals surface area contributed by atoms with Crippen molar-refractivity contribution in [2.75, 3.05) is 18.4 Å². The molecular weight excluding hydrogens is 212 g/mol. The van der Waals surface area contributed by atoms with E-state index in [1.807, 2.05) is 31.2 Å². The van der Waals surface area contributed by atoms with Gasteiger partial charge >= 0.3 is 0 Å². The van der Waals surface area contributed by atoms with E-state index in [1.54, 1.807) is 0 Å². The van der Waals surface area contributed by atoms with Gasteiger partial charge in [-0.3, -0.25) is 4.79 Å². The molecule has 0 aliphatic carbocycles. The van der Waals surface area contributed by atoms with Crippen LogP contribution in [0.2, 0.25) is 0 Å². The minimum absolute atomic E-state index is 0.0499. The molecule has 1 aromatic rings. The van der Waals surface area contributed by atoms with E-state index in [-0.39, 0.29) is 5.91 Å². The Labute approximate surface area is 104 Å². The Morgan fingerprint density at radius 1 is 1.29 bits per heavy atom. The Hall–Kier alpha value is -1.51. The highest BCUT2D eigenvalue weighted by molar-refractivity contribution is 5.80. The number of para-hydroxylation sites is 1. The van der Waals surface area contributed by atoms with Crippen molar-refractivity contribution in [2.45, 2.75) is 27.2 Å². The zero-order valence-corrected chi connectivity index (χ0v) is 10.9. The average Bonchev–Trinajstić information content (AvgIpc) is 2.27. The van der Waals surface area contributed by atoms with E-state index in [2.05, 4.69) is 24.5 Å². The summed E-state index contributed by atoms with van der Waals surface area (Å²) in [6, 6.07) is 7.96. The fourth-order valence-corrected chi connectivity index (χ4v) is 1.51. The highest BCUT2D eigenvalue weighted by Gasteiger charge is 2.02. The molecular formula is C14H22N2O. The summed E-state index contributed by atoms with van der Waals surface area (Å²) in [5.74, 6) is 0.675. The van der Waals surface area contributed by atoms with Crippen molar-refractivity contribution < 1.29 is 4.79 Å². The molecule has 1 rings (SSSR count). The van der Waals surface area contributed by atoms with E-state index >= 15 is 0 Å². The van der Waals surface area contributed by atoms with E-state index in [0.29, 0.717) is 12.5 Å². The number of carbonyl (C=O) groups is 1. The van der Waals surface area contributed by atoms with Crippen LogP contribution >= 0.6 is 0 Å². The Morgan fingerprint density at radius 3 is 2.65 bits per heavy atom. The molecule has 0 saturated carbocycles. The largest absolute Gasteiger partial charge is 0.376 e. The van der Waals surface area contributed by atoms with E-state index in [9.17, 15) is 4.79 Å². The highest BCUT2D eigenvalue weighted by Crippen LogP contribution is 2.12. The maximum atomic E-state index is 11.5. The summed E-state index contributed by atoms with van der Waals surface area (Å²) in [5, 5.41) is 6.04. The normalized spacial score (nSPS) is 10.4. The van der Waals surface area contributed by atoms with Crippen molar-refractivity contribution in [1.82, 2.24) is 5.32 Å². The van der Waals surface area contributed by atoms with Crippen LogP contribution in [0.1, 0.15) is 25.8 Å². The van der Waals surface area contributed by atoms with Crippen LogP contribution < -0.4 is 10.6 Å². The molecule has 0 radical (unpaired) electrons. The number of hydrogen-bond donors (Lipinski definition) is 2. The Balaban J connectivity index is 2.26. The topological polar surface area (TPSA) is 41.1 Å². The standard InChI is InChI=1S/C14H22N2O/c1-11(2)8-9-15-14(17)10-16-13-7-5-4-6-12(13)3/h4-7,11,16H,8-10H2,1-3H3,(H,15,17). The van der Waals surface area contributed by atoms with Crippen LogP contribution in [-0.4, -0.2) is 19.0 Å². The van der Waals surface area contributed by atoms with Crippen LogP contribution in [0.5, 0.6) is 0 Å². The zero-order chi connectivity index (χ0) is 12.7. The number of rotatable bonds is 6. The van der Waals surface area contributed by atoms with Gasteiger partial charge in [0, 0.05) is 12.2 Å². The second-order valence-electron chi connectivity index (χ2n) is 4.70. The number of hydrogen-bond acceptors (Lipinski definition) is 2. The van der Waals surface area contributed by atoms with Gasteiger partial charge in [-0.05, 0) is 30.9 Å². The van der Waals surface area contributed by atoms with Gasteiger partial charge in [-0.2, -0.15) is 0 Å². The second-order valence-corrected chi connectivity index (χ2v) is 4.70. The molecule has 0 fully saturated rings. The zero-order valence-electron chi connectivity index (χ0n) is 10.9. The van der Waals surface area contributed by atoms with Crippen LogP contribution in [0.4, 0.5) is 5.69 Å². The fraction of sp³-hybridized carbons (Fsp3) is 0.500. The number of aryl methyl sites for hydroxylation is 1. The second kappa shape index (κ2) is 6.94. The molecule has 0 saturated heterocycles. The molecule has 17 heavy (non-hydrogen) atoms. The smallest absolute Gasteiger partial charge is 0.239 e. The third kappa shape index (κ3) is 5.38. The van der Waals surface area contributed by atoms with Crippen molar-refractivity contribution >= 4 is 11.6 Å². The quantitative estimate of drug-likeness (QED) is 0.794. The van der Waals surface area contributed by atoms with Crippen molar-refractivity contribution in [3.63, 3.8) is 0 Å². The van der Waals surface area contributed by atoms with Crippen molar-refractivity contribution in [1.29, 1.82) is 0 Å². The molecule has 0 heterocycles. The Bertz CT molecular complexity index is 361. The summed E-state index contributed by atoms with van der Waals surface area (Å²) in [5.41, 5.74) is 2.17. The average molecular weight is 234 g/mol. The number of nitrogens with one attached hydrogen (secondary N) is 2. The first kappa shape index (κ1) is 13.6. The molecule has 3 heteroatoms. The van der Waals surface area contributed by atoms with Crippen LogP contribution in [0.3, 0.4) is 0 Å². The van der Waals surface area contributed by atoms with Crippen molar-refractivity contribution in [3.05, 3.63) is 29.8 Å². The molecule has 0 spiro atoms. The Kier molecular flexibility index (Phi) is 5.53. The third-order valence-electron chi connectivity index (χ3n) is 2.63. The van der Waals surface area contributed by atoms with Crippen molar-refractivity contribution in [3.8, 4) is 0 Å². The van der Waals surface area contributed by atoms with E-state index in [4.69, 9.17) is 0 Å². The molecule has 0 bridgehead atoms. The van der Waals surface area contributed by atoms with Gasteiger partial charge in [0.1, 0.15) is 0 Å². The van der Waals surface area contributed by atoms with Crippen LogP contribution in [0, 0.1) is 12.8 Å². The number of anilines is 1. The molecule has 3 nitrogen and oxygen atoms in total. The monoisotopic (exact) mass is 234 g/mol. The maximum absolute atomic E-state index is 11.5. The molecule has 0 aromatic heterocycles. The van der Waals surface area contributed by atoms with Gasteiger partial charge in [-0.1, -0.05) is 32.0 Å². The van der Waals surface area contributed by atoms with Gasteiger partial charge < -0.3 is 10.6 Å². The van der Waals surface area contributed by atoms with E-state index in [1.165, 1.54) is 0 Å². The first-order valence-corrected chi connectivity index (χ1v) is 6.16. The molecule has 1 aromatic carbocycles. The third-order valence-corrected chi connectivity index (χ3v) is 2.63. The Morgan fingerprint density at radius 2 is 2.00 bits per heavy atom. The van der Waals surface area contributed by atoms with E-state index in [0.717, 1.165) is 24.2 Å². The van der Waals surface area contributed by atoms with Crippen LogP contribution in [0.25, 0.3) is 0 Å². The molecule has 0 aliphatic rings. The molecule has 0 atom stereocenters. The lowest BCUT2D eigenvalue weighted by Gasteiger charge is -2.10. The summed E-state index contributed by atoms with van der Waals surface area (Å²) in [7, 11) is 0. The minimum Gasteiger partial charge on any atom is -0.376 e. The highest BCUT2D eigenvalue weighted by atomic mass is 16.1. The van der Waals surface area contributed by atoms with Gasteiger partial charge in [-0.25, -0.2) is 0 Å². The van der Waals surface area contributed by atoms with Crippen LogP contribution in [-0.2, 0) is 4.79 Å². The van der Waals surface area contributed by atoms with Gasteiger partial charge in [0.05, 0.1) is 6.54 Å². The summed E-state index contributed by atoms with van der Waals surface area (Å²) in [4.78, 5) is 11.5. The van der Waals surface area contributed by atoms with Crippen molar-refractivity contribution in [2.24, 2.45) is 5.92 Å². The minimum atomic E-state index is 0.0499. The predicted octanol–water partition coefficient (Wildman–Crippen LogP) is 2.57. The first-order chi connectivity index (χ1) is 8.09. The lowest BCUT2D eigenvalue weighted by molar-refractivity contribution is -0.119. The molecule has 0 aliphatic heterocycles. The van der Waals surface area contributed by atoms with Crippen LogP contribution in [0.15, 0.2) is 24.3 Å². The summed E-state index contributed by atoms with van der Waals surface area (Å²) < 4.78 is 0. The lowest BCUT2D eigenvalue weighted by atomic mass is 10.1. The molecule has 0 unspecified atom stereocenters. The summed E-state index contributed by atoms with van der Waals surface area (Å²) in [6.45, 7) is 7.42. The summed E-state index contributed by atoms with van der Waals surface area (Å²) >= 11 is 0. The molecule has 2 N–H and O–H groups in total. The lowest BCUT2D eigenvalue weighted by Crippen LogP contribution is -2.31. The predicted molar refractivity (Wildman–Crippen MR) is 72.1 cm³/mol. The fourth-order valence-electron chi connectivity index (χ4n) is 1.51. The molecule has 94 valence electrons. The van der Waals surface area contributed by atoms with Gasteiger partial charge in [-0.15, -0.1) is 0 Å². The number of carbonyl (C=O) groups excluding carboxylic acids is 1. The number of benzene rings is 1. The summed E-state index contributed by atoms with van der Waals surface area (Å²) in [6.07, 6.45) is 1.02. The number of amides is 1. The van der Waals surface area contributed by atoms with Gasteiger partial charge in [0.25, 0.3) is 0 Å². The van der Waals surface area contributed by atoms with Gasteiger partial charge in [0.15, 0.2) is 0 Å². The SMILES string of the molecule is Cc1ccccc1NCC(=O)NCCC(C)C. The van der Waals surface area contributed by atoms with E-state index < -0.39 is 0 Å².